The third kappa shape index (κ3) is 5.08. The first-order chi connectivity index (χ1) is 14.5. The number of aromatic nitrogens is 2. The van der Waals surface area contributed by atoms with Crippen molar-refractivity contribution in [3.63, 3.8) is 0 Å². The molecule has 3 rings (SSSR count). The van der Waals surface area contributed by atoms with Crippen molar-refractivity contribution in [3.8, 4) is 17.2 Å². The van der Waals surface area contributed by atoms with Gasteiger partial charge in [0.05, 0.1) is 25.9 Å². The highest BCUT2D eigenvalue weighted by molar-refractivity contribution is 7.15. The number of carbonyl (C=O) groups is 1. The van der Waals surface area contributed by atoms with E-state index >= 15 is 0 Å². The monoisotopic (exact) mass is 445 g/mol. The summed E-state index contributed by atoms with van der Waals surface area (Å²) in [6.45, 7) is 2.35. The highest BCUT2D eigenvalue weighted by atomic mass is 35.5. The molecule has 30 heavy (non-hydrogen) atoms. The topological polar surface area (TPSA) is 82.6 Å². The van der Waals surface area contributed by atoms with Gasteiger partial charge in [0.2, 0.25) is 10.8 Å². The Hall–Kier alpha value is -3.10. The molecule has 0 saturated carbocycles. The number of nitrogens with zero attached hydrogens (tertiary/aromatic N) is 2. The van der Waals surface area contributed by atoms with E-state index in [2.05, 4.69) is 15.5 Å². The summed E-state index contributed by atoms with van der Waals surface area (Å²) in [5, 5.41) is 11.7. The minimum Gasteiger partial charge on any atom is -0.493 e. The first kappa shape index (κ1) is 21.6. The van der Waals surface area contributed by atoms with Crippen molar-refractivity contribution in [2.24, 2.45) is 0 Å². The lowest BCUT2D eigenvalue weighted by Gasteiger charge is -2.14. The summed E-state index contributed by atoms with van der Waals surface area (Å²) in [4.78, 5) is 12.4. The molecule has 3 aromatic rings. The summed E-state index contributed by atoms with van der Waals surface area (Å²) in [6, 6.07) is 12.7. The minimum atomic E-state index is -0.348. The molecular formula is C21H20ClN3O4S. The highest BCUT2D eigenvalue weighted by Gasteiger charge is 2.16. The van der Waals surface area contributed by atoms with E-state index in [1.807, 2.05) is 25.1 Å². The number of hydrogen-bond donors (Lipinski definition) is 1. The zero-order chi connectivity index (χ0) is 21.5. The van der Waals surface area contributed by atoms with Crippen LogP contribution < -0.4 is 19.5 Å². The van der Waals surface area contributed by atoms with E-state index in [4.69, 9.17) is 25.8 Å². The molecule has 0 spiro atoms. The van der Waals surface area contributed by atoms with E-state index in [1.165, 1.54) is 0 Å². The van der Waals surface area contributed by atoms with Crippen LogP contribution in [-0.4, -0.2) is 36.9 Å². The molecule has 0 radical (unpaired) electrons. The van der Waals surface area contributed by atoms with Crippen LogP contribution >= 0.6 is 22.9 Å². The number of ether oxygens (including phenoxy) is 3. The molecule has 2 aromatic carbocycles. The van der Waals surface area contributed by atoms with Crippen molar-refractivity contribution in [1.82, 2.24) is 10.2 Å². The second-order valence-corrected chi connectivity index (χ2v) is 7.30. The first-order valence-electron chi connectivity index (χ1n) is 9.02. The number of anilines is 1. The largest absolute Gasteiger partial charge is 0.493 e. The van der Waals surface area contributed by atoms with E-state index in [-0.39, 0.29) is 10.9 Å². The van der Waals surface area contributed by atoms with Crippen molar-refractivity contribution in [2.75, 3.05) is 26.1 Å². The predicted octanol–water partition coefficient (Wildman–Crippen LogP) is 4.94. The molecule has 1 N–H and O–H groups in total. The second-order valence-electron chi connectivity index (χ2n) is 5.91. The molecule has 156 valence electrons. The summed E-state index contributed by atoms with van der Waals surface area (Å²) in [5.74, 6) is 1.21. The van der Waals surface area contributed by atoms with Crippen LogP contribution in [0.2, 0.25) is 0 Å². The summed E-state index contributed by atoms with van der Waals surface area (Å²) >= 11 is 7.53. The molecule has 0 aliphatic heterocycles. The van der Waals surface area contributed by atoms with E-state index in [0.29, 0.717) is 39.6 Å². The molecule has 1 heterocycles. The van der Waals surface area contributed by atoms with Crippen molar-refractivity contribution in [1.29, 1.82) is 0 Å². The smallest absolute Gasteiger partial charge is 0.286 e. The van der Waals surface area contributed by atoms with Gasteiger partial charge in [0.15, 0.2) is 16.5 Å². The normalized spacial score (nSPS) is 11.1. The SMILES string of the molecule is CCOc1c(OC)cc(/C=C(/Cl)c2nnc(C(=O)Nc3ccccc3)s2)cc1OC. The quantitative estimate of drug-likeness (QED) is 0.528. The molecule has 0 unspecified atom stereocenters. The van der Waals surface area contributed by atoms with Gasteiger partial charge >= 0.3 is 0 Å². The fourth-order valence-electron chi connectivity index (χ4n) is 2.60. The third-order valence-electron chi connectivity index (χ3n) is 3.92. The summed E-state index contributed by atoms with van der Waals surface area (Å²) in [6.07, 6.45) is 1.70. The number of benzene rings is 2. The van der Waals surface area contributed by atoms with Crippen molar-refractivity contribution < 1.29 is 19.0 Å². The molecule has 0 atom stereocenters. The van der Waals surface area contributed by atoms with Crippen LogP contribution in [0.25, 0.3) is 11.1 Å². The van der Waals surface area contributed by atoms with E-state index in [1.54, 1.807) is 44.6 Å². The molecule has 0 aliphatic rings. The van der Waals surface area contributed by atoms with Crippen LogP contribution in [0, 0.1) is 0 Å². The van der Waals surface area contributed by atoms with E-state index in [9.17, 15) is 4.79 Å². The third-order valence-corrected chi connectivity index (χ3v) is 5.28. The molecule has 1 amide bonds. The summed E-state index contributed by atoms with van der Waals surface area (Å²) in [7, 11) is 3.10. The zero-order valence-corrected chi connectivity index (χ0v) is 18.2. The average Bonchev–Trinajstić information content (AvgIpc) is 3.26. The second kappa shape index (κ2) is 10.1. The van der Waals surface area contributed by atoms with Crippen LogP contribution in [0.1, 0.15) is 27.3 Å². The average molecular weight is 446 g/mol. The maximum Gasteiger partial charge on any atom is 0.286 e. The maximum atomic E-state index is 12.4. The molecule has 7 nitrogen and oxygen atoms in total. The van der Waals surface area contributed by atoms with Crippen molar-refractivity contribution in [3.05, 3.63) is 58.0 Å². The number of carbonyl (C=O) groups excluding carboxylic acids is 1. The summed E-state index contributed by atoms with van der Waals surface area (Å²) < 4.78 is 16.4. The molecule has 0 saturated heterocycles. The highest BCUT2D eigenvalue weighted by Crippen LogP contribution is 2.39. The van der Waals surface area contributed by atoms with Crippen LogP contribution in [0.5, 0.6) is 17.2 Å². The predicted molar refractivity (Wildman–Crippen MR) is 119 cm³/mol. The van der Waals surface area contributed by atoms with Gasteiger partial charge in [0, 0.05) is 5.69 Å². The van der Waals surface area contributed by atoms with Crippen LogP contribution in [0.4, 0.5) is 5.69 Å². The lowest BCUT2D eigenvalue weighted by Crippen LogP contribution is -2.11. The van der Waals surface area contributed by atoms with E-state index < -0.39 is 0 Å². The van der Waals surface area contributed by atoms with Gasteiger partial charge in [0.1, 0.15) is 0 Å². The molecular weight excluding hydrogens is 426 g/mol. The number of methoxy groups -OCH3 is 2. The number of amides is 1. The molecule has 0 fully saturated rings. The van der Waals surface area contributed by atoms with Gasteiger partial charge in [-0.2, -0.15) is 0 Å². The maximum absolute atomic E-state index is 12.4. The molecule has 9 heteroatoms. The van der Waals surface area contributed by atoms with Gasteiger partial charge in [-0.25, -0.2) is 0 Å². The Balaban J connectivity index is 1.83. The molecule has 0 bridgehead atoms. The lowest BCUT2D eigenvalue weighted by atomic mass is 10.1. The standard InChI is InChI=1S/C21H20ClN3O4S/c1-4-29-18-16(27-2)11-13(12-17(18)28-3)10-15(22)20-24-25-21(30-20)19(26)23-14-8-6-5-7-9-14/h5-12H,4H2,1-3H3,(H,23,26)/b15-10+. The van der Waals surface area contributed by atoms with Gasteiger partial charge in [-0.05, 0) is 42.8 Å². The van der Waals surface area contributed by atoms with Crippen LogP contribution in [0.3, 0.4) is 0 Å². The number of rotatable bonds is 8. The zero-order valence-electron chi connectivity index (χ0n) is 16.6. The Morgan fingerprint density at radius 1 is 1.10 bits per heavy atom. The molecule has 1 aromatic heterocycles. The van der Waals surface area contributed by atoms with Gasteiger partial charge in [-0.15, -0.1) is 10.2 Å². The fraction of sp³-hybridized carbons (Fsp3) is 0.190. The van der Waals surface area contributed by atoms with Gasteiger partial charge in [0.25, 0.3) is 5.91 Å². The molecule has 0 aliphatic carbocycles. The van der Waals surface area contributed by atoms with Gasteiger partial charge < -0.3 is 19.5 Å². The van der Waals surface area contributed by atoms with Gasteiger partial charge in [-0.1, -0.05) is 41.1 Å². The van der Waals surface area contributed by atoms with Crippen LogP contribution in [-0.2, 0) is 0 Å². The Morgan fingerprint density at radius 2 is 1.73 bits per heavy atom. The lowest BCUT2D eigenvalue weighted by molar-refractivity contribution is 0.102. The van der Waals surface area contributed by atoms with Crippen molar-refractivity contribution >= 4 is 45.6 Å². The summed E-state index contributed by atoms with van der Waals surface area (Å²) in [5.41, 5.74) is 1.40. The Morgan fingerprint density at radius 3 is 2.33 bits per heavy atom. The number of hydrogen-bond acceptors (Lipinski definition) is 7. The van der Waals surface area contributed by atoms with Gasteiger partial charge in [-0.3, -0.25) is 4.79 Å². The fourth-order valence-corrected chi connectivity index (χ4v) is 3.52. The minimum absolute atomic E-state index is 0.210. The number of halogens is 1. The Labute approximate surface area is 183 Å². The van der Waals surface area contributed by atoms with Crippen molar-refractivity contribution in [2.45, 2.75) is 6.92 Å². The number of para-hydroxylation sites is 1. The Kier molecular flexibility index (Phi) is 7.26. The van der Waals surface area contributed by atoms with Crippen LogP contribution in [0.15, 0.2) is 42.5 Å². The first-order valence-corrected chi connectivity index (χ1v) is 10.2. The van der Waals surface area contributed by atoms with E-state index in [0.717, 1.165) is 16.9 Å². The Bertz CT molecular complexity index is 1030. The number of nitrogens with one attached hydrogen (secondary N) is 1.